The number of thiophene rings is 1. The Kier molecular flexibility index (Phi) is 2.95. The first-order valence-electron chi connectivity index (χ1n) is 4.09. The number of benzene rings is 1. The molecule has 0 nitrogen and oxygen atoms in total. The summed E-state index contributed by atoms with van der Waals surface area (Å²) in [7, 11) is 0. The van der Waals surface area contributed by atoms with Crippen LogP contribution in [0.5, 0.6) is 0 Å². The molecular formula is C10H8BrIS. The van der Waals surface area contributed by atoms with Crippen LogP contribution in [-0.2, 0) is 6.42 Å². The van der Waals surface area contributed by atoms with Crippen molar-refractivity contribution in [1.82, 2.24) is 0 Å². The largest absolute Gasteiger partial charge is 0.138 e. The summed E-state index contributed by atoms with van der Waals surface area (Å²) in [4.78, 5) is 1.49. The molecule has 0 fully saturated rings. The van der Waals surface area contributed by atoms with Crippen molar-refractivity contribution in [2.24, 2.45) is 0 Å². The van der Waals surface area contributed by atoms with Gasteiger partial charge in [-0.3, -0.25) is 0 Å². The van der Waals surface area contributed by atoms with Gasteiger partial charge in [0.1, 0.15) is 0 Å². The van der Waals surface area contributed by atoms with E-state index in [1.54, 1.807) is 0 Å². The van der Waals surface area contributed by atoms with E-state index >= 15 is 0 Å². The van der Waals surface area contributed by atoms with Gasteiger partial charge in [-0.05, 0) is 51.0 Å². The van der Waals surface area contributed by atoms with E-state index < -0.39 is 0 Å². The second kappa shape index (κ2) is 3.87. The minimum absolute atomic E-state index is 1.13. The van der Waals surface area contributed by atoms with Gasteiger partial charge in [0.25, 0.3) is 0 Å². The van der Waals surface area contributed by atoms with Crippen LogP contribution in [0.4, 0.5) is 0 Å². The minimum Gasteiger partial charge on any atom is -0.138 e. The minimum atomic E-state index is 1.13. The molecule has 0 saturated carbocycles. The van der Waals surface area contributed by atoms with E-state index in [0.717, 1.165) is 6.42 Å². The third kappa shape index (κ3) is 1.66. The predicted octanol–water partition coefficient (Wildman–Crippen LogP) is 4.83. The molecule has 0 aliphatic carbocycles. The summed E-state index contributed by atoms with van der Waals surface area (Å²) < 4.78 is 4.01. The first-order valence-corrected chi connectivity index (χ1v) is 6.78. The average molecular weight is 367 g/mol. The molecule has 1 aromatic carbocycles. The van der Waals surface area contributed by atoms with Crippen molar-refractivity contribution in [3.63, 3.8) is 0 Å². The smallest absolute Gasteiger partial charge is 0.0498 e. The summed E-state index contributed by atoms with van der Waals surface area (Å²) in [5.74, 6) is 0. The molecule has 0 unspecified atom stereocenters. The van der Waals surface area contributed by atoms with Crippen molar-refractivity contribution in [1.29, 1.82) is 0 Å². The zero-order valence-corrected chi connectivity index (χ0v) is 11.7. The third-order valence-corrected chi connectivity index (χ3v) is 5.90. The Bertz CT molecular complexity index is 447. The topological polar surface area (TPSA) is 0 Å². The van der Waals surface area contributed by atoms with Gasteiger partial charge in [-0.2, -0.15) is 0 Å². The monoisotopic (exact) mass is 366 g/mol. The molecule has 0 N–H and O–H groups in total. The molecule has 3 heteroatoms. The molecule has 0 radical (unpaired) electrons. The standard InChI is InChI=1S/C10H8BrIS/c1-2-8-9(12)6-4-3-5-7(11)10(6)13-8/h3-5H,2H2,1H3. The number of aryl methyl sites for hydroxylation is 1. The summed E-state index contributed by atoms with van der Waals surface area (Å²) in [6.45, 7) is 2.21. The van der Waals surface area contributed by atoms with Crippen LogP contribution in [0, 0.1) is 3.57 Å². The Labute approximate surface area is 104 Å². The van der Waals surface area contributed by atoms with Gasteiger partial charge in [-0.15, -0.1) is 11.3 Å². The number of hydrogen-bond acceptors (Lipinski definition) is 1. The second-order valence-electron chi connectivity index (χ2n) is 2.81. The van der Waals surface area contributed by atoms with E-state index in [0.29, 0.717) is 0 Å². The van der Waals surface area contributed by atoms with Crippen LogP contribution in [0.3, 0.4) is 0 Å². The summed E-state index contributed by atoms with van der Waals surface area (Å²) in [6.07, 6.45) is 1.13. The molecule has 0 bridgehead atoms. The van der Waals surface area contributed by atoms with Gasteiger partial charge in [-0.25, -0.2) is 0 Å². The molecular weight excluding hydrogens is 359 g/mol. The lowest BCUT2D eigenvalue weighted by Crippen LogP contribution is -1.74. The highest BCUT2D eigenvalue weighted by Gasteiger charge is 2.09. The highest BCUT2D eigenvalue weighted by Crippen LogP contribution is 2.36. The summed E-state index contributed by atoms with van der Waals surface area (Å²) in [5.41, 5.74) is 0. The molecule has 0 saturated heterocycles. The number of rotatable bonds is 1. The lowest BCUT2D eigenvalue weighted by atomic mass is 10.2. The highest BCUT2D eigenvalue weighted by atomic mass is 127. The Morgan fingerprint density at radius 3 is 2.85 bits per heavy atom. The summed E-state index contributed by atoms with van der Waals surface area (Å²) >= 11 is 7.92. The fourth-order valence-corrected chi connectivity index (χ4v) is 4.32. The normalized spacial score (nSPS) is 11.0. The Morgan fingerprint density at radius 2 is 2.23 bits per heavy atom. The second-order valence-corrected chi connectivity index (χ2v) is 5.85. The Balaban J connectivity index is 2.83. The number of fused-ring (bicyclic) bond motifs is 1. The maximum atomic E-state index is 3.58. The van der Waals surface area contributed by atoms with Gasteiger partial charge in [0.15, 0.2) is 0 Å². The molecule has 0 aliphatic heterocycles. The van der Waals surface area contributed by atoms with Crippen LogP contribution in [0.1, 0.15) is 11.8 Å². The van der Waals surface area contributed by atoms with Gasteiger partial charge in [0, 0.05) is 23.0 Å². The Hall–Kier alpha value is 0.390. The average Bonchev–Trinajstić information content (AvgIpc) is 2.45. The quantitative estimate of drug-likeness (QED) is 0.634. The van der Waals surface area contributed by atoms with E-state index in [2.05, 4.69) is 63.6 Å². The van der Waals surface area contributed by atoms with E-state index in [4.69, 9.17) is 0 Å². The zero-order chi connectivity index (χ0) is 9.42. The highest BCUT2D eigenvalue weighted by molar-refractivity contribution is 14.1. The molecule has 1 heterocycles. The Morgan fingerprint density at radius 1 is 1.46 bits per heavy atom. The fraction of sp³-hybridized carbons (Fsp3) is 0.200. The van der Waals surface area contributed by atoms with Crippen LogP contribution in [0.25, 0.3) is 10.1 Å². The molecule has 0 amide bonds. The van der Waals surface area contributed by atoms with Gasteiger partial charge < -0.3 is 0 Å². The van der Waals surface area contributed by atoms with E-state index in [1.165, 1.54) is 23.0 Å². The number of halogens is 2. The van der Waals surface area contributed by atoms with Crippen molar-refractivity contribution in [2.75, 3.05) is 0 Å². The van der Waals surface area contributed by atoms with Crippen molar-refractivity contribution in [3.05, 3.63) is 31.1 Å². The first-order chi connectivity index (χ1) is 6.24. The van der Waals surface area contributed by atoms with Crippen molar-refractivity contribution in [2.45, 2.75) is 13.3 Å². The third-order valence-electron chi connectivity index (χ3n) is 1.99. The van der Waals surface area contributed by atoms with E-state index in [1.807, 2.05) is 11.3 Å². The van der Waals surface area contributed by atoms with Gasteiger partial charge in [0.05, 0.1) is 0 Å². The molecule has 2 rings (SSSR count). The van der Waals surface area contributed by atoms with Crippen LogP contribution >= 0.6 is 49.9 Å². The van der Waals surface area contributed by atoms with Crippen LogP contribution < -0.4 is 0 Å². The lowest BCUT2D eigenvalue weighted by Gasteiger charge is -1.92. The summed E-state index contributed by atoms with van der Waals surface area (Å²) in [6, 6.07) is 6.40. The molecule has 13 heavy (non-hydrogen) atoms. The van der Waals surface area contributed by atoms with Gasteiger partial charge in [-0.1, -0.05) is 19.1 Å². The fourth-order valence-electron chi connectivity index (χ4n) is 1.33. The molecule has 0 atom stereocenters. The van der Waals surface area contributed by atoms with Crippen molar-refractivity contribution < 1.29 is 0 Å². The van der Waals surface area contributed by atoms with Crippen LogP contribution in [-0.4, -0.2) is 0 Å². The van der Waals surface area contributed by atoms with Crippen molar-refractivity contribution >= 4 is 59.9 Å². The number of hydrogen-bond donors (Lipinski definition) is 0. The first kappa shape index (κ1) is 9.93. The maximum absolute atomic E-state index is 3.58. The molecule has 2 aromatic rings. The van der Waals surface area contributed by atoms with E-state index in [-0.39, 0.29) is 0 Å². The molecule has 0 spiro atoms. The van der Waals surface area contributed by atoms with E-state index in [9.17, 15) is 0 Å². The molecule has 0 aliphatic rings. The van der Waals surface area contributed by atoms with Crippen LogP contribution in [0.15, 0.2) is 22.7 Å². The van der Waals surface area contributed by atoms with Gasteiger partial charge in [0.2, 0.25) is 0 Å². The predicted molar refractivity (Wildman–Crippen MR) is 71.6 cm³/mol. The summed E-state index contributed by atoms with van der Waals surface area (Å²) in [5, 5.41) is 1.39. The SMILES string of the molecule is CCc1sc2c(Br)cccc2c1I. The van der Waals surface area contributed by atoms with Crippen molar-refractivity contribution in [3.8, 4) is 0 Å². The zero-order valence-electron chi connectivity index (χ0n) is 7.10. The van der Waals surface area contributed by atoms with Crippen LogP contribution in [0.2, 0.25) is 0 Å². The lowest BCUT2D eigenvalue weighted by molar-refractivity contribution is 1.18. The molecule has 1 aromatic heterocycles. The maximum Gasteiger partial charge on any atom is 0.0498 e. The molecule has 68 valence electrons. The van der Waals surface area contributed by atoms with Gasteiger partial charge >= 0.3 is 0 Å².